The Morgan fingerprint density at radius 1 is 1.31 bits per heavy atom. The SMILES string of the molecule is FC(F)C(F)(F)C(F)c1nc[nH]n1. The highest BCUT2D eigenvalue weighted by Gasteiger charge is 2.52. The zero-order chi connectivity index (χ0) is 10.1. The second-order valence-corrected chi connectivity index (χ2v) is 2.20. The first kappa shape index (κ1) is 9.87. The second-order valence-electron chi connectivity index (χ2n) is 2.20. The molecule has 8 heteroatoms. The fourth-order valence-electron chi connectivity index (χ4n) is 0.624. The Kier molecular flexibility index (Phi) is 2.48. The second kappa shape index (κ2) is 3.27. The van der Waals surface area contributed by atoms with Crippen LogP contribution in [0.2, 0.25) is 0 Å². The predicted octanol–water partition coefficient (Wildman–Crippen LogP) is 1.72. The Morgan fingerprint density at radius 2 is 1.92 bits per heavy atom. The fraction of sp³-hybridized carbons (Fsp3) is 0.600. The van der Waals surface area contributed by atoms with E-state index in [1.54, 1.807) is 0 Å². The molecule has 1 aromatic rings. The van der Waals surface area contributed by atoms with Gasteiger partial charge in [0.2, 0.25) is 6.17 Å². The molecule has 0 amide bonds. The molecule has 0 bridgehead atoms. The summed E-state index contributed by atoms with van der Waals surface area (Å²) >= 11 is 0. The third-order valence-corrected chi connectivity index (χ3v) is 1.29. The van der Waals surface area contributed by atoms with Gasteiger partial charge >= 0.3 is 12.3 Å². The summed E-state index contributed by atoms with van der Waals surface area (Å²) in [6.07, 6.45) is -6.46. The molecule has 0 aliphatic heterocycles. The monoisotopic (exact) mass is 201 g/mol. The minimum atomic E-state index is -4.76. The average Bonchev–Trinajstić information content (AvgIpc) is 2.54. The minimum absolute atomic E-state index is 0.823. The molecule has 0 aliphatic rings. The van der Waals surface area contributed by atoms with Gasteiger partial charge in [-0.3, -0.25) is 5.10 Å². The van der Waals surface area contributed by atoms with E-state index in [0.717, 1.165) is 6.33 Å². The molecule has 1 N–H and O–H groups in total. The zero-order valence-corrected chi connectivity index (χ0v) is 6.02. The number of rotatable bonds is 3. The van der Waals surface area contributed by atoms with Gasteiger partial charge < -0.3 is 0 Å². The molecule has 0 saturated carbocycles. The summed E-state index contributed by atoms with van der Waals surface area (Å²) in [5.74, 6) is -5.74. The number of nitrogens with zero attached hydrogens (tertiary/aromatic N) is 2. The van der Waals surface area contributed by atoms with Crippen molar-refractivity contribution in [1.82, 2.24) is 15.2 Å². The molecule has 1 heterocycles. The van der Waals surface area contributed by atoms with Crippen LogP contribution in [-0.2, 0) is 0 Å². The van der Waals surface area contributed by atoms with Gasteiger partial charge in [0.15, 0.2) is 5.82 Å². The van der Waals surface area contributed by atoms with Gasteiger partial charge in [0, 0.05) is 0 Å². The summed E-state index contributed by atoms with van der Waals surface area (Å²) in [6, 6.07) is 0. The lowest BCUT2D eigenvalue weighted by molar-refractivity contribution is -0.174. The summed E-state index contributed by atoms with van der Waals surface area (Å²) in [5.41, 5.74) is 0. The smallest absolute Gasteiger partial charge is 0.266 e. The standard InChI is InChI=1S/C5H4F5N3/c6-2(3-11-1-12-13-3)5(9,10)4(7)8/h1-2,4H,(H,11,12,13). The van der Waals surface area contributed by atoms with Crippen LogP contribution in [0.1, 0.15) is 12.0 Å². The van der Waals surface area contributed by atoms with Gasteiger partial charge in [-0.2, -0.15) is 13.9 Å². The number of nitrogens with one attached hydrogen (secondary N) is 1. The lowest BCUT2D eigenvalue weighted by Crippen LogP contribution is -2.32. The molecular formula is C5H4F5N3. The van der Waals surface area contributed by atoms with Crippen molar-refractivity contribution < 1.29 is 22.0 Å². The molecular weight excluding hydrogens is 197 g/mol. The number of halogens is 5. The van der Waals surface area contributed by atoms with Crippen LogP contribution >= 0.6 is 0 Å². The van der Waals surface area contributed by atoms with Crippen molar-refractivity contribution in [3.63, 3.8) is 0 Å². The Balaban J connectivity index is 2.84. The van der Waals surface area contributed by atoms with Crippen LogP contribution in [0.5, 0.6) is 0 Å². The van der Waals surface area contributed by atoms with Crippen LogP contribution in [0.25, 0.3) is 0 Å². The van der Waals surface area contributed by atoms with Crippen LogP contribution in [-0.4, -0.2) is 27.5 Å². The highest BCUT2D eigenvalue weighted by atomic mass is 19.3. The number of alkyl halides is 5. The third-order valence-electron chi connectivity index (χ3n) is 1.29. The third kappa shape index (κ3) is 1.76. The van der Waals surface area contributed by atoms with Gasteiger partial charge in [-0.15, -0.1) is 0 Å². The predicted molar refractivity (Wildman–Crippen MR) is 31.2 cm³/mol. The summed E-state index contributed by atoms with van der Waals surface area (Å²) in [5, 5.41) is 4.88. The fourth-order valence-corrected chi connectivity index (χ4v) is 0.624. The van der Waals surface area contributed by atoms with Crippen molar-refractivity contribution in [3.8, 4) is 0 Å². The largest absolute Gasteiger partial charge is 0.345 e. The summed E-state index contributed by atoms with van der Waals surface area (Å²) in [7, 11) is 0. The van der Waals surface area contributed by atoms with E-state index >= 15 is 0 Å². The molecule has 13 heavy (non-hydrogen) atoms. The van der Waals surface area contributed by atoms with Crippen molar-refractivity contribution in [1.29, 1.82) is 0 Å². The van der Waals surface area contributed by atoms with Crippen LogP contribution in [0, 0.1) is 0 Å². The summed E-state index contributed by atoms with van der Waals surface area (Å²) in [4.78, 5) is 3.01. The Bertz CT molecular complexity index is 259. The van der Waals surface area contributed by atoms with Crippen LogP contribution in [0.3, 0.4) is 0 Å². The van der Waals surface area contributed by atoms with Crippen molar-refractivity contribution >= 4 is 0 Å². The van der Waals surface area contributed by atoms with Gasteiger partial charge in [-0.25, -0.2) is 18.2 Å². The van der Waals surface area contributed by atoms with Gasteiger partial charge in [0.1, 0.15) is 6.33 Å². The molecule has 1 aromatic heterocycles. The Morgan fingerprint density at radius 3 is 2.31 bits per heavy atom. The Labute approximate surface area is 69.0 Å². The number of aromatic amines is 1. The van der Waals surface area contributed by atoms with Crippen molar-refractivity contribution in [2.24, 2.45) is 0 Å². The molecule has 0 aromatic carbocycles. The first-order valence-electron chi connectivity index (χ1n) is 3.12. The maximum absolute atomic E-state index is 12.6. The topological polar surface area (TPSA) is 41.6 Å². The number of hydrogen-bond acceptors (Lipinski definition) is 2. The Hall–Kier alpha value is -1.21. The molecule has 0 saturated heterocycles. The number of hydrogen-bond donors (Lipinski definition) is 1. The molecule has 0 radical (unpaired) electrons. The summed E-state index contributed by atoms with van der Waals surface area (Å²) < 4.78 is 60.4. The van der Waals surface area contributed by atoms with Crippen molar-refractivity contribution in [2.75, 3.05) is 0 Å². The molecule has 0 spiro atoms. The van der Waals surface area contributed by atoms with Crippen molar-refractivity contribution in [3.05, 3.63) is 12.2 Å². The van der Waals surface area contributed by atoms with E-state index < -0.39 is 24.3 Å². The highest BCUT2D eigenvalue weighted by Crippen LogP contribution is 2.37. The molecule has 1 atom stereocenters. The normalized spacial score (nSPS) is 14.9. The van der Waals surface area contributed by atoms with Crippen LogP contribution in [0.15, 0.2) is 6.33 Å². The van der Waals surface area contributed by atoms with Crippen LogP contribution < -0.4 is 0 Å². The van der Waals surface area contributed by atoms with E-state index in [-0.39, 0.29) is 0 Å². The molecule has 0 aliphatic carbocycles. The molecule has 1 unspecified atom stereocenters. The zero-order valence-electron chi connectivity index (χ0n) is 6.02. The van der Waals surface area contributed by atoms with E-state index in [1.807, 2.05) is 5.10 Å². The maximum atomic E-state index is 12.6. The molecule has 1 rings (SSSR count). The van der Waals surface area contributed by atoms with Crippen LogP contribution in [0.4, 0.5) is 22.0 Å². The van der Waals surface area contributed by atoms with Gasteiger partial charge in [-0.1, -0.05) is 0 Å². The van der Waals surface area contributed by atoms with E-state index in [0.29, 0.717) is 0 Å². The molecule has 0 fully saturated rings. The lowest BCUT2D eigenvalue weighted by atomic mass is 10.2. The van der Waals surface area contributed by atoms with E-state index in [4.69, 9.17) is 0 Å². The van der Waals surface area contributed by atoms with Gasteiger partial charge in [-0.05, 0) is 0 Å². The molecule has 3 nitrogen and oxygen atoms in total. The van der Waals surface area contributed by atoms with E-state index in [2.05, 4.69) is 10.1 Å². The quantitative estimate of drug-likeness (QED) is 0.756. The maximum Gasteiger partial charge on any atom is 0.345 e. The number of aromatic nitrogens is 3. The first-order chi connectivity index (χ1) is 5.96. The van der Waals surface area contributed by atoms with Gasteiger partial charge in [0.05, 0.1) is 0 Å². The van der Waals surface area contributed by atoms with E-state index in [1.165, 1.54) is 0 Å². The molecule has 74 valence electrons. The average molecular weight is 201 g/mol. The van der Waals surface area contributed by atoms with E-state index in [9.17, 15) is 22.0 Å². The van der Waals surface area contributed by atoms with Gasteiger partial charge in [0.25, 0.3) is 0 Å². The first-order valence-corrected chi connectivity index (χ1v) is 3.12. The lowest BCUT2D eigenvalue weighted by Gasteiger charge is -2.16. The summed E-state index contributed by atoms with van der Waals surface area (Å²) in [6.45, 7) is 0. The minimum Gasteiger partial charge on any atom is -0.266 e. The highest BCUT2D eigenvalue weighted by molar-refractivity contribution is 4.95. The van der Waals surface area contributed by atoms with Crippen molar-refractivity contribution in [2.45, 2.75) is 18.5 Å². The number of H-pyrrole nitrogens is 1.